The van der Waals surface area contributed by atoms with Crippen LogP contribution in [0.3, 0.4) is 0 Å². The zero-order valence-electron chi connectivity index (χ0n) is 16.4. The second-order valence-electron chi connectivity index (χ2n) is 6.95. The minimum Gasteiger partial charge on any atom is -0.507 e. The second kappa shape index (κ2) is 8.30. The Bertz CT molecular complexity index is 914. The van der Waals surface area contributed by atoms with Crippen molar-refractivity contribution in [1.29, 1.82) is 0 Å². The summed E-state index contributed by atoms with van der Waals surface area (Å²) in [7, 11) is 1.55. The maximum atomic E-state index is 12.9. The van der Waals surface area contributed by atoms with Crippen LogP contribution in [0.1, 0.15) is 42.5 Å². The van der Waals surface area contributed by atoms with E-state index in [9.17, 15) is 14.7 Å². The standard InChI is InChI=1S/C23H25NO4/c1-4-5-14-24-20(17-8-6-7-9-18(17)28-3)19(22(26)23(24)27)21(25)16-12-10-15(2)11-13-16/h6-13,20,25H,4-5,14H2,1-3H3/b21-19-. The number of benzene rings is 2. The SMILES string of the molecule is CCCCN1C(=O)C(=O)/C(=C(\O)c2ccc(C)cc2)C1c1ccccc1OC. The van der Waals surface area contributed by atoms with E-state index < -0.39 is 17.7 Å². The Morgan fingerprint density at radius 1 is 1.11 bits per heavy atom. The van der Waals surface area contributed by atoms with E-state index in [0.29, 0.717) is 23.4 Å². The van der Waals surface area contributed by atoms with Gasteiger partial charge in [0.2, 0.25) is 0 Å². The molecule has 1 aliphatic heterocycles. The summed E-state index contributed by atoms with van der Waals surface area (Å²) in [6, 6.07) is 13.8. The largest absolute Gasteiger partial charge is 0.507 e. The van der Waals surface area contributed by atoms with Gasteiger partial charge in [-0.3, -0.25) is 9.59 Å². The quantitative estimate of drug-likeness (QED) is 0.463. The molecule has 5 heteroatoms. The maximum absolute atomic E-state index is 12.9. The lowest BCUT2D eigenvalue weighted by atomic mass is 9.94. The first-order valence-corrected chi connectivity index (χ1v) is 9.48. The molecule has 1 saturated heterocycles. The molecule has 2 aromatic rings. The summed E-state index contributed by atoms with van der Waals surface area (Å²) >= 11 is 0. The molecule has 1 atom stereocenters. The van der Waals surface area contributed by atoms with Gasteiger partial charge in [0.25, 0.3) is 11.7 Å². The highest BCUT2D eigenvalue weighted by molar-refractivity contribution is 6.46. The molecule has 1 N–H and O–H groups in total. The number of rotatable bonds is 6. The van der Waals surface area contributed by atoms with Gasteiger partial charge in [0, 0.05) is 17.7 Å². The van der Waals surface area contributed by atoms with Crippen LogP contribution < -0.4 is 4.74 Å². The summed E-state index contributed by atoms with van der Waals surface area (Å²) in [6.45, 7) is 4.41. The number of para-hydroxylation sites is 1. The highest BCUT2D eigenvalue weighted by atomic mass is 16.5. The molecule has 1 aliphatic rings. The number of hydrogen-bond acceptors (Lipinski definition) is 4. The van der Waals surface area contributed by atoms with E-state index >= 15 is 0 Å². The normalized spacial score (nSPS) is 18.5. The fraction of sp³-hybridized carbons (Fsp3) is 0.304. The Balaban J connectivity index is 2.20. The van der Waals surface area contributed by atoms with Crippen molar-refractivity contribution >= 4 is 17.4 Å². The molecule has 0 aromatic heterocycles. The van der Waals surface area contributed by atoms with E-state index in [2.05, 4.69) is 0 Å². The Hall–Kier alpha value is -3.08. The first kappa shape index (κ1) is 19.7. The fourth-order valence-corrected chi connectivity index (χ4v) is 3.52. The molecule has 2 aromatic carbocycles. The van der Waals surface area contributed by atoms with E-state index in [-0.39, 0.29) is 11.3 Å². The zero-order valence-corrected chi connectivity index (χ0v) is 16.4. The smallest absolute Gasteiger partial charge is 0.295 e. The van der Waals surface area contributed by atoms with Crippen molar-refractivity contribution in [2.24, 2.45) is 0 Å². The van der Waals surface area contributed by atoms with Crippen LogP contribution in [0.5, 0.6) is 5.75 Å². The number of amides is 1. The summed E-state index contributed by atoms with van der Waals surface area (Å²) in [5.41, 5.74) is 2.35. The molecule has 0 aliphatic carbocycles. The van der Waals surface area contributed by atoms with Crippen molar-refractivity contribution in [1.82, 2.24) is 4.90 Å². The number of ether oxygens (including phenoxy) is 1. The van der Waals surface area contributed by atoms with Crippen molar-refractivity contribution < 1.29 is 19.4 Å². The maximum Gasteiger partial charge on any atom is 0.295 e. The lowest BCUT2D eigenvalue weighted by Gasteiger charge is -2.26. The first-order chi connectivity index (χ1) is 13.5. The number of carbonyl (C=O) groups excluding carboxylic acids is 2. The van der Waals surface area contributed by atoms with Crippen molar-refractivity contribution in [2.75, 3.05) is 13.7 Å². The van der Waals surface area contributed by atoms with Gasteiger partial charge in [-0.1, -0.05) is 61.4 Å². The molecule has 0 spiro atoms. The first-order valence-electron chi connectivity index (χ1n) is 9.48. The van der Waals surface area contributed by atoms with E-state index in [1.165, 1.54) is 0 Å². The molecule has 1 amide bonds. The molecule has 5 nitrogen and oxygen atoms in total. The molecule has 0 radical (unpaired) electrons. The summed E-state index contributed by atoms with van der Waals surface area (Å²) in [6.07, 6.45) is 1.66. The van der Waals surface area contributed by atoms with Crippen LogP contribution in [0.4, 0.5) is 0 Å². The third kappa shape index (κ3) is 3.52. The molecular formula is C23H25NO4. The van der Waals surface area contributed by atoms with Gasteiger partial charge in [0.15, 0.2) is 0 Å². The number of hydrogen-bond donors (Lipinski definition) is 1. The number of aliphatic hydroxyl groups is 1. The van der Waals surface area contributed by atoms with Crippen molar-refractivity contribution in [3.8, 4) is 5.75 Å². The monoisotopic (exact) mass is 379 g/mol. The van der Waals surface area contributed by atoms with Crippen molar-refractivity contribution in [3.63, 3.8) is 0 Å². The molecule has 1 unspecified atom stereocenters. The summed E-state index contributed by atoms with van der Waals surface area (Å²) < 4.78 is 5.48. The number of aliphatic hydroxyl groups excluding tert-OH is 1. The van der Waals surface area contributed by atoms with Crippen LogP contribution in [0.2, 0.25) is 0 Å². The number of carbonyl (C=O) groups is 2. The molecule has 146 valence electrons. The van der Waals surface area contributed by atoms with Crippen LogP contribution in [0.25, 0.3) is 5.76 Å². The number of Topliss-reactive ketones (excluding diaryl/α,β-unsaturated/α-hetero) is 1. The topological polar surface area (TPSA) is 66.8 Å². The predicted molar refractivity (Wildman–Crippen MR) is 108 cm³/mol. The Morgan fingerprint density at radius 3 is 2.43 bits per heavy atom. The van der Waals surface area contributed by atoms with Gasteiger partial charge < -0.3 is 14.7 Å². The van der Waals surface area contributed by atoms with Crippen LogP contribution >= 0.6 is 0 Å². The van der Waals surface area contributed by atoms with Gasteiger partial charge in [-0.2, -0.15) is 0 Å². The molecule has 1 heterocycles. The van der Waals surface area contributed by atoms with E-state index in [1.54, 1.807) is 30.2 Å². The minimum atomic E-state index is -0.677. The van der Waals surface area contributed by atoms with Gasteiger partial charge in [0.1, 0.15) is 11.5 Å². The summed E-state index contributed by atoms with van der Waals surface area (Å²) in [4.78, 5) is 27.2. The van der Waals surface area contributed by atoms with Gasteiger partial charge >= 0.3 is 0 Å². The number of ketones is 1. The predicted octanol–water partition coefficient (Wildman–Crippen LogP) is 4.23. The Kier molecular flexibility index (Phi) is 5.83. The van der Waals surface area contributed by atoms with E-state index in [4.69, 9.17) is 4.74 Å². The Morgan fingerprint density at radius 2 is 1.79 bits per heavy atom. The van der Waals surface area contributed by atoms with Crippen LogP contribution in [0, 0.1) is 6.92 Å². The average molecular weight is 379 g/mol. The van der Waals surface area contributed by atoms with E-state index in [1.807, 2.05) is 44.2 Å². The molecule has 0 saturated carbocycles. The van der Waals surface area contributed by atoms with Crippen LogP contribution in [-0.2, 0) is 9.59 Å². The van der Waals surface area contributed by atoms with E-state index in [0.717, 1.165) is 18.4 Å². The molecule has 3 rings (SSSR count). The number of nitrogens with zero attached hydrogens (tertiary/aromatic N) is 1. The Labute approximate surface area is 165 Å². The highest BCUT2D eigenvalue weighted by Crippen LogP contribution is 2.42. The van der Waals surface area contributed by atoms with Gasteiger partial charge in [0.05, 0.1) is 18.7 Å². The highest BCUT2D eigenvalue weighted by Gasteiger charge is 2.46. The second-order valence-corrected chi connectivity index (χ2v) is 6.95. The lowest BCUT2D eigenvalue weighted by molar-refractivity contribution is -0.139. The molecule has 1 fully saturated rings. The fourth-order valence-electron chi connectivity index (χ4n) is 3.52. The summed E-state index contributed by atoms with van der Waals surface area (Å²) in [5.74, 6) is -0.831. The zero-order chi connectivity index (χ0) is 20.3. The molecule has 0 bridgehead atoms. The van der Waals surface area contributed by atoms with Gasteiger partial charge in [-0.05, 0) is 19.4 Å². The number of aryl methyl sites for hydroxylation is 1. The third-order valence-corrected chi connectivity index (χ3v) is 5.05. The van der Waals surface area contributed by atoms with Gasteiger partial charge in [-0.25, -0.2) is 0 Å². The summed E-state index contributed by atoms with van der Waals surface area (Å²) in [5, 5.41) is 11.0. The lowest BCUT2D eigenvalue weighted by Crippen LogP contribution is -2.30. The average Bonchev–Trinajstić information content (AvgIpc) is 2.96. The number of likely N-dealkylation sites (tertiary alicyclic amines) is 1. The molecular weight excluding hydrogens is 354 g/mol. The van der Waals surface area contributed by atoms with Crippen molar-refractivity contribution in [2.45, 2.75) is 32.7 Å². The molecule has 28 heavy (non-hydrogen) atoms. The minimum absolute atomic E-state index is 0.106. The van der Waals surface area contributed by atoms with Crippen LogP contribution in [0.15, 0.2) is 54.1 Å². The van der Waals surface area contributed by atoms with Gasteiger partial charge in [-0.15, -0.1) is 0 Å². The third-order valence-electron chi connectivity index (χ3n) is 5.05. The van der Waals surface area contributed by atoms with Crippen LogP contribution in [-0.4, -0.2) is 35.4 Å². The number of unbranched alkanes of at least 4 members (excludes halogenated alkanes) is 1. The van der Waals surface area contributed by atoms with Crippen molar-refractivity contribution in [3.05, 3.63) is 70.8 Å². The number of methoxy groups -OCH3 is 1.